The molecule has 1 unspecified atom stereocenters. The number of ether oxygens (including phenoxy) is 1. The average Bonchev–Trinajstić information content (AvgIpc) is 2.64. The lowest BCUT2D eigenvalue weighted by Crippen LogP contribution is -2.39. The van der Waals surface area contributed by atoms with Crippen molar-refractivity contribution >= 4 is 21.9 Å². The van der Waals surface area contributed by atoms with Crippen LogP contribution in [0.15, 0.2) is 46.9 Å². The fraction of sp³-hybridized carbons (Fsp3) is 0.381. The highest BCUT2D eigenvalue weighted by Crippen LogP contribution is 2.38. The van der Waals surface area contributed by atoms with E-state index < -0.39 is 5.97 Å². The minimum Gasteiger partial charge on any atom is -0.496 e. The molecule has 4 nitrogen and oxygen atoms in total. The van der Waals surface area contributed by atoms with Crippen LogP contribution in [0.25, 0.3) is 0 Å². The molecule has 0 bridgehead atoms. The van der Waals surface area contributed by atoms with Crippen molar-refractivity contribution in [2.75, 3.05) is 20.2 Å². The number of piperidine rings is 1. The van der Waals surface area contributed by atoms with Gasteiger partial charge in [0, 0.05) is 10.0 Å². The number of methoxy groups -OCH3 is 1. The highest BCUT2D eigenvalue weighted by Gasteiger charge is 2.31. The molecule has 0 radical (unpaired) electrons. The lowest BCUT2D eigenvalue weighted by Gasteiger charge is -2.37. The van der Waals surface area contributed by atoms with Crippen LogP contribution in [0, 0.1) is 12.8 Å². The third kappa shape index (κ3) is 4.10. The molecule has 1 fully saturated rings. The maximum Gasteiger partial charge on any atom is 0.306 e. The predicted octanol–water partition coefficient (Wildman–Crippen LogP) is 4.65. The average molecular weight is 418 g/mol. The van der Waals surface area contributed by atoms with Crippen LogP contribution in [0.4, 0.5) is 0 Å². The molecule has 1 atom stereocenters. The number of benzene rings is 2. The number of aryl methyl sites for hydroxylation is 1. The second-order valence-electron chi connectivity index (χ2n) is 6.85. The first kappa shape index (κ1) is 18.9. The molecule has 0 aromatic heterocycles. The Kier molecular flexibility index (Phi) is 5.99. The van der Waals surface area contributed by atoms with Gasteiger partial charge in [-0.2, -0.15) is 0 Å². The molecule has 0 aliphatic carbocycles. The lowest BCUT2D eigenvalue weighted by molar-refractivity contribution is -0.143. The van der Waals surface area contributed by atoms with Crippen molar-refractivity contribution in [3.63, 3.8) is 0 Å². The fourth-order valence-electron chi connectivity index (χ4n) is 3.66. The van der Waals surface area contributed by atoms with Crippen LogP contribution in [-0.2, 0) is 4.79 Å². The molecular weight excluding hydrogens is 394 g/mol. The molecule has 26 heavy (non-hydrogen) atoms. The van der Waals surface area contributed by atoms with Gasteiger partial charge in [0.25, 0.3) is 0 Å². The highest BCUT2D eigenvalue weighted by molar-refractivity contribution is 9.10. The van der Waals surface area contributed by atoms with E-state index in [1.807, 2.05) is 12.1 Å². The number of aliphatic carboxylic acids is 1. The van der Waals surface area contributed by atoms with Crippen LogP contribution in [0.5, 0.6) is 5.75 Å². The summed E-state index contributed by atoms with van der Waals surface area (Å²) in [5.74, 6) is -0.0787. The van der Waals surface area contributed by atoms with E-state index in [-0.39, 0.29) is 12.0 Å². The van der Waals surface area contributed by atoms with Crippen molar-refractivity contribution in [1.29, 1.82) is 0 Å². The second-order valence-corrected chi connectivity index (χ2v) is 7.76. The van der Waals surface area contributed by atoms with E-state index in [4.69, 9.17) is 4.74 Å². The van der Waals surface area contributed by atoms with Gasteiger partial charge in [0.15, 0.2) is 0 Å². The number of rotatable bonds is 5. The standard InChI is InChI=1S/C21H24BrNO3/c1-14-3-5-15(6-4-14)20(18-13-17(22)7-8-19(18)26-2)23-11-9-16(10-12-23)21(24)25/h3-8,13,16,20H,9-12H2,1-2H3,(H,24,25). The van der Waals surface area contributed by atoms with E-state index >= 15 is 0 Å². The van der Waals surface area contributed by atoms with Crippen LogP contribution in [-0.4, -0.2) is 36.2 Å². The van der Waals surface area contributed by atoms with Crippen molar-refractivity contribution in [1.82, 2.24) is 4.90 Å². The Morgan fingerprint density at radius 2 is 1.85 bits per heavy atom. The van der Waals surface area contributed by atoms with Crippen LogP contribution in [0.2, 0.25) is 0 Å². The molecule has 2 aromatic rings. The molecule has 2 aromatic carbocycles. The number of hydrogen-bond acceptors (Lipinski definition) is 3. The van der Waals surface area contributed by atoms with E-state index in [9.17, 15) is 9.90 Å². The first-order chi connectivity index (χ1) is 12.5. The Bertz CT molecular complexity index is 767. The summed E-state index contributed by atoms with van der Waals surface area (Å²) in [6, 6.07) is 14.7. The van der Waals surface area contributed by atoms with Crippen molar-refractivity contribution in [3.8, 4) is 5.75 Å². The molecule has 5 heteroatoms. The van der Waals surface area contributed by atoms with Crippen LogP contribution < -0.4 is 4.74 Å². The van der Waals surface area contributed by atoms with Gasteiger partial charge in [-0.1, -0.05) is 45.8 Å². The molecule has 3 rings (SSSR count). The third-order valence-electron chi connectivity index (χ3n) is 5.12. The summed E-state index contributed by atoms with van der Waals surface area (Å²) in [7, 11) is 1.69. The molecule has 1 heterocycles. The first-order valence-electron chi connectivity index (χ1n) is 8.86. The Balaban J connectivity index is 1.99. The fourth-order valence-corrected chi connectivity index (χ4v) is 4.04. The predicted molar refractivity (Wildman–Crippen MR) is 106 cm³/mol. The Morgan fingerprint density at radius 1 is 1.19 bits per heavy atom. The topological polar surface area (TPSA) is 49.8 Å². The monoisotopic (exact) mass is 417 g/mol. The molecule has 0 saturated carbocycles. The number of likely N-dealkylation sites (tertiary alicyclic amines) is 1. The van der Waals surface area contributed by atoms with Gasteiger partial charge in [-0.25, -0.2) is 0 Å². The molecule has 0 amide bonds. The number of carbonyl (C=O) groups is 1. The number of hydrogen-bond donors (Lipinski definition) is 1. The first-order valence-corrected chi connectivity index (χ1v) is 9.65. The summed E-state index contributed by atoms with van der Waals surface area (Å²) in [5, 5.41) is 9.30. The number of carboxylic acids is 1. The van der Waals surface area contributed by atoms with Gasteiger partial charge in [0.05, 0.1) is 19.1 Å². The van der Waals surface area contributed by atoms with Gasteiger partial charge in [0.2, 0.25) is 0 Å². The zero-order valence-electron chi connectivity index (χ0n) is 15.1. The van der Waals surface area contributed by atoms with Crippen molar-refractivity contribution in [3.05, 3.63) is 63.6 Å². The molecular formula is C21H24BrNO3. The zero-order valence-corrected chi connectivity index (χ0v) is 16.7. The Morgan fingerprint density at radius 3 is 2.42 bits per heavy atom. The molecule has 1 aliphatic rings. The van der Waals surface area contributed by atoms with Crippen LogP contribution in [0.1, 0.15) is 35.6 Å². The van der Waals surface area contributed by atoms with Gasteiger partial charge in [-0.3, -0.25) is 9.69 Å². The summed E-state index contributed by atoms with van der Waals surface area (Å²) < 4.78 is 6.64. The van der Waals surface area contributed by atoms with E-state index in [1.54, 1.807) is 7.11 Å². The zero-order chi connectivity index (χ0) is 18.7. The van der Waals surface area contributed by atoms with E-state index in [0.717, 1.165) is 28.9 Å². The SMILES string of the molecule is COc1ccc(Br)cc1C(c1ccc(C)cc1)N1CCC(C(=O)O)CC1. The van der Waals surface area contributed by atoms with E-state index in [1.165, 1.54) is 11.1 Å². The smallest absolute Gasteiger partial charge is 0.306 e. The summed E-state index contributed by atoms with van der Waals surface area (Å²) in [6.45, 7) is 3.59. The van der Waals surface area contributed by atoms with Crippen molar-refractivity contribution < 1.29 is 14.6 Å². The van der Waals surface area contributed by atoms with Gasteiger partial charge in [-0.05, 0) is 56.6 Å². The van der Waals surface area contributed by atoms with Crippen LogP contribution in [0.3, 0.4) is 0 Å². The lowest BCUT2D eigenvalue weighted by atomic mass is 9.90. The minimum atomic E-state index is -0.684. The summed E-state index contributed by atoms with van der Waals surface area (Å²) in [6.07, 6.45) is 1.35. The Labute approximate surface area is 162 Å². The summed E-state index contributed by atoms with van der Waals surface area (Å²) in [5.41, 5.74) is 3.51. The van der Waals surface area contributed by atoms with Gasteiger partial charge in [0.1, 0.15) is 5.75 Å². The number of nitrogens with zero attached hydrogens (tertiary/aromatic N) is 1. The maximum atomic E-state index is 11.3. The van der Waals surface area contributed by atoms with Crippen LogP contribution >= 0.6 is 15.9 Å². The highest BCUT2D eigenvalue weighted by atomic mass is 79.9. The maximum absolute atomic E-state index is 11.3. The normalized spacial score (nSPS) is 17.0. The third-order valence-corrected chi connectivity index (χ3v) is 5.62. The summed E-state index contributed by atoms with van der Waals surface area (Å²) in [4.78, 5) is 13.7. The number of carboxylic acid groups (broad SMARTS) is 1. The van der Waals surface area contributed by atoms with Gasteiger partial charge >= 0.3 is 5.97 Å². The van der Waals surface area contributed by atoms with Gasteiger partial charge < -0.3 is 9.84 Å². The molecule has 1 aliphatic heterocycles. The summed E-state index contributed by atoms with van der Waals surface area (Å²) >= 11 is 3.58. The minimum absolute atomic E-state index is 0.0396. The van der Waals surface area contributed by atoms with E-state index in [2.05, 4.69) is 58.1 Å². The quantitative estimate of drug-likeness (QED) is 0.768. The Hall–Kier alpha value is -1.85. The largest absolute Gasteiger partial charge is 0.496 e. The molecule has 0 spiro atoms. The molecule has 1 N–H and O–H groups in total. The van der Waals surface area contributed by atoms with Crippen molar-refractivity contribution in [2.45, 2.75) is 25.8 Å². The second kappa shape index (κ2) is 8.23. The molecule has 138 valence electrons. The van der Waals surface area contributed by atoms with Crippen molar-refractivity contribution in [2.24, 2.45) is 5.92 Å². The molecule has 1 saturated heterocycles. The van der Waals surface area contributed by atoms with E-state index in [0.29, 0.717) is 12.8 Å². The number of halogens is 1. The van der Waals surface area contributed by atoms with Gasteiger partial charge in [-0.15, -0.1) is 0 Å².